The molecule has 412 valence electrons. The van der Waals surface area contributed by atoms with Crippen molar-refractivity contribution in [2.24, 2.45) is 5.73 Å². The molecule has 2 heterocycles. The van der Waals surface area contributed by atoms with Gasteiger partial charge in [0.05, 0.1) is 24.9 Å². The molecule has 9 atom stereocenters. The minimum atomic E-state index is -1.71. The highest BCUT2D eigenvalue weighted by molar-refractivity contribution is 8.76. The number of nitrogens with zero attached hydrogens (tertiary/aromatic N) is 1. The van der Waals surface area contributed by atoms with Crippen molar-refractivity contribution in [2.45, 2.75) is 127 Å². The Hall–Kier alpha value is -6.70. The number of rotatable bonds is 18. The summed E-state index contributed by atoms with van der Waals surface area (Å²) in [5, 5.41) is 58.9. The maximum atomic E-state index is 15.0. The van der Waals surface area contributed by atoms with Crippen LogP contribution in [0.3, 0.4) is 0 Å². The summed E-state index contributed by atoms with van der Waals surface area (Å²) >= 11 is 0. The van der Waals surface area contributed by atoms with Crippen molar-refractivity contribution in [3.8, 4) is 5.75 Å². The highest BCUT2D eigenvalue weighted by Gasteiger charge is 2.38. The van der Waals surface area contributed by atoms with Gasteiger partial charge < -0.3 is 63.0 Å². The molecule has 5 rings (SSSR count). The molecule has 1 aliphatic rings. The van der Waals surface area contributed by atoms with Gasteiger partial charge in [0, 0.05) is 54.3 Å². The average molecular weight is 1090 g/mol. The maximum absolute atomic E-state index is 15.0. The van der Waals surface area contributed by atoms with E-state index in [1.54, 1.807) is 31.3 Å². The SMILES string of the molecule is CCC(=O)NN(C(=O)CCc1ccccc1)C1CSSCC(C(=O)NC(CO)C(C)O)NC(=O)C(C(C)O)NC(=O)C(CCCCN)NC(=O)C(Cc2c[nH]c3ccccc23)NC(=O)C(Cc2ccc(O)cc2)NC1=O. The number of carbonyl (C=O) groups excluding carboxylic acids is 8. The zero-order valence-corrected chi connectivity index (χ0v) is 44.3. The number of fused-ring (bicyclic) bond motifs is 1. The van der Waals surface area contributed by atoms with Crippen LogP contribution in [0.5, 0.6) is 5.75 Å². The minimum Gasteiger partial charge on any atom is -0.508 e. The summed E-state index contributed by atoms with van der Waals surface area (Å²) in [6.07, 6.45) is -0.787. The molecule has 22 nitrogen and oxygen atoms in total. The van der Waals surface area contributed by atoms with Gasteiger partial charge in [-0.15, -0.1) is 0 Å². The van der Waals surface area contributed by atoms with E-state index in [1.165, 1.54) is 38.1 Å². The topological polar surface area (TPSA) is 347 Å². The van der Waals surface area contributed by atoms with Crippen molar-refractivity contribution in [3.63, 3.8) is 0 Å². The largest absolute Gasteiger partial charge is 0.508 e. The molecule has 4 aromatic rings. The van der Waals surface area contributed by atoms with Crippen molar-refractivity contribution >= 4 is 79.7 Å². The average Bonchev–Trinajstić information content (AvgIpc) is 3.82. The summed E-state index contributed by atoms with van der Waals surface area (Å²) in [6.45, 7) is 3.68. The van der Waals surface area contributed by atoms with E-state index < -0.39 is 108 Å². The molecule has 1 aliphatic heterocycles. The van der Waals surface area contributed by atoms with E-state index in [0.29, 0.717) is 24.0 Å². The predicted octanol–water partition coefficient (Wildman–Crippen LogP) is 0.117. The van der Waals surface area contributed by atoms with E-state index in [0.717, 1.165) is 43.1 Å². The lowest BCUT2D eigenvalue weighted by Gasteiger charge is -2.32. The fraction of sp³-hybridized carbons (Fsp3) is 0.462. The van der Waals surface area contributed by atoms with Gasteiger partial charge in [0.2, 0.25) is 47.3 Å². The highest BCUT2D eigenvalue weighted by atomic mass is 33.1. The number of aliphatic hydroxyl groups is 3. The molecule has 0 saturated carbocycles. The number of hydrogen-bond acceptors (Lipinski definition) is 15. The number of aromatic amines is 1. The van der Waals surface area contributed by atoms with Crippen LogP contribution < -0.4 is 43.1 Å². The Morgan fingerprint density at radius 2 is 1.38 bits per heavy atom. The lowest BCUT2D eigenvalue weighted by Crippen LogP contribution is -2.63. The molecule has 14 N–H and O–H groups in total. The first-order valence-corrected chi connectivity index (χ1v) is 27.6. The highest BCUT2D eigenvalue weighted by Crippen LogP contribution is 2.26. The lowest BCUT2D eigenvalue weighted by atomic mass is 10.0. The molecule has 0 aliphatic carbocycles. The van der Waals surface area contributed by atoms with Gasteiger partial charge in [-0.3, -0.25) is 43.8 Å². The summed E-state index contributed by atoms with van der Waals surface area (Å²) in [5.74, 6) is -7.34. The number of benzene rings is 3. The third-order valence-corrected chi connectivity index (χ3v) is 15.0. The number of H-pyrrole nitrogens is 1. The first-order valence-electron chi connectivity index (χ1n) is 25.1. The third kappa shape index (κ3) is 18.0. The Morgan fingerprint density at radius 3 is 2.04 bits per heavy atom. The number of aliphatic hydroxyl groups excluding tert-OH is 3. The van der Waals surface area contributed by atoms with E-state index in [-0.39, 0.29) is 62.3 Å². The second-order valence-electron chi connectivity index (χ2n) is 18.5. The number of para-hydroxylation sites is 1. The minimum absolute atomic E-state index is 0.00643. The predicted molar refractivity (Wildman–Crippen MR) is 287 cm³/mol. The standard InChI is InChI=1S/C52H70N10O12S2/c1-4-44(67)61-62(45(68)22-19-32-12-6-5-7-13-32)43-29-76-75-28-42(50(72)58-41(27-63)30(2)64)59-52(74)46(31(3)65)60-47(69)38(16-10-11-23-53)55-49(71)40(25-34-26-54-37-15-9-8-14-36(34)37)56-48(70)39(57-51(43)73)24-33-17-20-35(66)21-18-33/h5-9,12-15,17-18,20-21,26,30-31,38-43,46,54,63-66H,4,10-11,16,19,22-25,27-29,53H2,1-3H3,(H,55,71)(H,56,70)(H,57,73)(H,58,72)(H,59,74)(H,60,69)(H,61,67). The molecular weight excluding hydrogens is 1020 g/mol. The molecule has 3 aromatic carbocycles. The van der Waals surface area contributed by atoms with Gasteiger partial charge >= 0.3 is 0 Å². The van der Waals surface area contributed by atoms with E-state index in [1.807, 2.05) is 36.4 Å². The summed E-state index contributed by atoms with van der Waals surface area (Å²) in [5.41, 5.74) is 11.0. The first-order chi connectivity index (χ1) is 36.4. The normalized spacial score (nSPS) is 21.6. The van der Waals surface area contributed by atoms with Crippen LogP contribution in [0.25, 0.3) is 10.9 Å². The number of nitrogens with one attached hydrogen (secondary N) is 8. The second-order valence-corrected chi connectivity index (χ2v) is 21.0. The Labute approximate surface area is 448 Å². The molecule has 0 radical (unpaired) electrons. The van der Waals surface area contributed by atoms with Gasteiger partial charge in [-0.05, 0) is 81.0 Å². The lowest BCUT2D eigenvalue weighted by molar-refractivity contribution is -0.148. The summed E-state index contributed by atoms with van der Waals surface area (Å²) in [6, 6.07) is 11.9. The molecule has 24 heteroatoms. The van der Waals surface area contributed by atoms with Gasteiger partial charge in [0.15, 0.2) is 0 Å². The Balaban J connectivity index is 1.64. The van der Waals surface area contributed by atoms with Crippen LogP contribution >= 0.6 is 21.6 Å². The zero-order valence-electron chi connectivity index (χ0n) is 42.7. The van der Waals surface area contributed by atoms with Crippen molar-refractivity contribution in [2.75, 3.05) is 24.7 Å². The number of aryl methyl sites for hydroxylation is 1. The molecular formula is C52H70N10O12S2. The third-order valence-electron chi connectivity index (χ3n) is 12.6. The summed E-state index contributed by atoms with van der Waals surface area (Å²) in [4.78, 5) is 118. The molecule has 9 unspecified atom stereocenters. The molecule has 0 bridgehead atoms. The Bertz CT molecular complexity index is 2590. The van der Waals surface area contributed by atoms with Crippen LogP contribution in [0.1, 0.15) is 69.6 Å². The maximum Gasteiger partial charge on any atom is 0.246 e. The van der Waals surface area contributed by atoms with Crippen LogP contribution in [-0.4, -0.2) is 157 Å². The number of hydrogen-bond donors (Lipinski definition) is 13. The number of amides is 8. The molecule has 1 fully saturated rings. The van der Waals surface area contributed by atoms with Gasteiger partial charge in [0.25, 0.3) is 0 Å². The number of carbonyl (C=O) groups is 8. The van der Waals surface area contributed by atoms with Crippen LogP contribution in [0.2, 0.25) is 0 Å². The van der Waals surface area contributed by atoms with Gasteiger partial charge in [-0.2, -0.15) is 0 Å². The van der Waals surface area contributed by atoms with Crippen LogP contribution in [0.15, 0.2) is 85.1 Å². The Morgan fingerprint density at radius 1 is 0.750 bits per heavy atom. The van der Waals surface area contributed by atoms with Crippen LogP contribution in [0.4, 0.5) is 0 Å². The first kappa shape index (κ1) is 60.2. The van der Waals surface area contributed by atoms with Gasteiger partial charge in [0.1, 0.15) is 42.0 Å². The number of aromatic nitrogens is 1. The fourth-order valence-electron chi connectivity index (χ4n) is 8.13. The molecule has 1 saturated heterocycles. The van der Waals surface area contributed by atoms with E-state index in [4.69, 9.17) is 5.73 Å². The smallest absolute Gasteiger partial charge is 0.246 e. The quantitative estimate of drug-likeness (QED) is 0.0358. The molecule has 0 spiro atoms. The van der Waals surface area contributed by atoms with E-state index in [9.17, 15) is 54.0 Å². The molecule has 8 amide bonds. The number of nitrogens with two attached hydrogens (primary N) is 1. The number of phenols is 1. The summed E-state index contributed by atoms with van der Waals surface area (Å²) in [7, 11) is 1.92. The molecule has 1 aromatic heterocycles. The number of hydrazine groups is 1. The van der Waals surface area contributed by atoms with Crippen molar-refractivity contribution in [1.29, 1.82) is 0 Å². The van der Waals surface area contributed by atoms with Crippen molar-refractivity contribution < 1.29 is 58.8 Å². The fourth-order valence-corrected chi connectivity index (χ4v) is 10.5. The zero-order chi connectivity index (χ0) is 55.3. The summed E-state index contributed by atoms with van der Waals surface area (Å²) < 4.78 is 0. The number of phenolic OH excluding ortho intramolecular Hbond substituents is 1. The molecule has 76 heavy (non-hydrogen) atoms. The monoisotopic (exact) mass is 1090 g/mol. The van der Waals surface area contributed by atoms with Crippen LogP contribution in [-0.2, 0) is 57.6 Å². The second kappa shape index (κ2) is 30.1. The Kier molecular flexibility index (Phi) is 23.9. The van der Waals surface area contributed by atoms with Gasteiger partial charge in [-0.1, -0.05) is 89.2 Å². The van der Waals surface area contributed by atoms with Crippen molar-refractivity contribution in [1.82, 2.24) is 47.3 Å². The van der Waals surface area contributed by atoms with E-state index >= 15 is 4.79 Å². The van der Waals surface area contributed by atoms with E-state index in [2.05, 4.69) is 42.3 Å². The van der Waals surface area contributed by atoms with Gasteiger partial charge in [-0.25, -0.2) is 5.01 Å². The number of unbranched alkanes of at least 4 members (excludes halogenated alkanes) is 1. The van der Waals surface area contributed by atoms with Crippen LogP contribution in [0, 0.1) is 0 Å². The number of aromatic hydroxyl groups is 1. The van der Waals surface area contributed by atoms with Crippen molar-refractivity contribution in [3.05, 3.63) is 102 Å².